The van der Waals surface area contributed by atoms with Gasteiger partial charge >= 0.3 is 5.69 Å². The van der Waals surface area contributed by atoms with Gasteiger partial charge in [-0.1, -0.05) is 6.07 Å². The second kappa shape index (κ2) is 8.26. The molecule has 0 atom stereocenters. The maximum absolute atomic E-state index is 14.7. The van der Waals surface area contributed by atoms with Crippen LogP contribution < -0.4 is 10.4 Å². The molecule has 0 amide bonds. The third-order valence-electron chi connectivity index (χ3n) is 6.12. The largest absolute Gasteiger partial charge is 0.497 e. The number of rotatable bonds is 5. The first-order chi connectivity index (χ1) is 16.6. The minimum absolute atomic E-state index is 0.0852. The average molecular weight is 478 g/mol. The Labute approximate surface area is 197 Å². The highest BCUT2D eigenvalue weighted by molar-refractivity contribution is 7.19. The molecule has 1 aliphatic rings. The molecule has 0 N–H and O–H groups in total. The smallest absolute Gasteiger partial charge is 0.352 e. The summed E-state index contributed by atoms with van der Waals surface area (Å²) in [7, 11) is 1.49. The maximum atomic E-state index is 14.7. The minimum atomic E-state index is -0.423. The standard InChI is InChI=1S/C23H20FN7O2S/c1-33-15-4-3-14(17(24)9-15)10-30-22-20(21-27-13-28-31(21)23(30)32)16-5-8-29(11-18(16)34-22)12-19-25-6-2-7-26-19/h2-4,6-7,9,13H,5,8,10-12H2,1H3. The lowest BCUT2D eigenvalue weighted by atomic mass is 10.1. The quantitative estimate of drug-likeness (QED) is 0.384. The average Bonchev–Trinajstić information content (AvgIpc) is 3.48. The van der Waals surface area contributed by atoms with E-state index in [-0.39, 0.29) is 12.2 Å². The predicted molar refractivity (Wildman–Crippen MR) is 125 cm³/mol. The Bertz CT molecular complexity index is 1580. The van der Waals surface area contributed by atoms with Crippen molar-refractivity contribution < 1.29 is 9.13 Å². The highest BCUT2D eigenvalue weighted by Gasteiger charge is 2.26. The van der Waals surface area contributed by atoms with E-state index in [2.05, 4.69) is 25.0 Å². The summed E-state index contributed by atoms with van der Waals surface area (Å²) < 4.78 is 22.8. The zero-order valence-electron chi connectivity index (χ0n) is 18.3. The lowest BCUT2D eigenvalue weighted by Crippen LogP contribution is -2.30. The van der Waals surface area contributed by atoms with Crippen LogP contribution in [0, 0.1) is 5.82 Å². The number of methoxy groups -OCH3 is 1. The maximum Gasteiger partial charge on any atom is 0.352 e. The fraction of sp³-hybridized carbons (Fsp3) is 0.261. The van der Waals surface area contributed by atoms with Gasteiger partial charge in [-0.15, -0.1) is 11.3 Å². The molecule has 172 valence electrons. The lowest BCUT2D eigenvalue weighted by Gasteiger charge is -2.25. The number of hydrogen-bond acceptors (Lipinski definition) is 8. The van der Waals surface area contributed by atoms with Gasteiger partial charge in [-0.3, -0.25) is 9.47 Å². The third-order valence-corrected chi connectivity index (χ3v) is 7.36. The van der Waals surface area contributed by atoms with E-state index in [1.807, 2.05) is 0 Å². The van der Waals surface area contributed by atoms with Crippen molar-refractivity contribution in [3.05, 3.63) is 81.1 Å². The van der Waals surface area contributed by atoms with Crippen molar-refractivity contribution in [1.29, 1.82) is 0 Å². The number of aromatic nitrogens is 6. The minimum Gasteiger partial charge on any atom is -0.497 e. The summed E-state index contributed by atoms with van der Waals surface area (Å²) in [6, 6.07) is 6.47. The normalized spacial score (nSPS) is 14.1. The lowest BCUT2D eigenvalue weighted by molar-refractivity contribution is 0.243. The molecule has 0 radical (unpaired) electrons. The van der Waals surface area contributed by atoms with Crippen molar-refractivity contribution in [2.75, 3.05) is 13.7 Å². The van der Waals surface area contributed by atoms with Crippen molar-refractivity contribution >= 4 is 27.2 Å². The van der Waals surface area contributed by atoms with Crippen LogP contribution >= 0.6 is 11.3 Å². The molecule has 0 bridgehead atoms. The molecule has 0 aliphatic carbocycles. The Kier molecular flexibility index (Phi) is 5.07. The zero-order chi connectivity index (χ0) is 23.2. The van der Waals surface area contributed by atoms with E-state index in [1.165, 1.54) is 29.6 Å². The monoisotopic (exact) mass is 477 g/mol. The molecule has 0 fully saturated rings. The van der Waals surface area contributed by atoms with Gasteiger partial charge in [0.2, 0.25) is 0 Å². The number of hydrogen-bond donors (Lipinski definition) is 0. The summed E-state index contributed by atoms with van der Waals surface area (Å²) in [6.45, 7) is 2.29. The van der Waals surface area contributed by atoms with Crippen LogP contribution in [0.4, 0.5) is 4.39 Å². The molecule has 0 spiro atoms. The Balaban J connectivity index is 1.45. The number of ether oxygens (including phenoxy) is 1. The summed E-state index contributed by atoms with van der Waals surface area (Å²) in [5.41, 5.74) is 1.78. The van der Waals surface area contributed by atoms with Crippen LogP contribution in [0.2, 0.25) is 0 Å². The van der Waals surface area contributed by atoms with Crippen molar-refractivity contribution in [1.82, 2.24) is 34.0 Å². The molecule has 0 saturated heterocycles. The van der Waals surface area contributed by atoms with Crippen LogP contribution in [-0.2, 0) is 26.1 Å². The fourth-order valence-corrected chi connectivity index (χ4v) is 5.83. The first-order valence-corrected chi connectivity index (χ1v) is 11.6. The number of thiophene rings is 1. The SMILES string of the molecule is COc1ccc(Cn2c(=O)n3ncnc3c3c4c(sc32)CN(Cc2ncccn2)CC4)c(F)c1. The van der Waals surface area contributed by atoms with Gasteiger partial charge in [0.15, 0.2) is 5.65 Å². The van der Waals surface area contributed by atoms with E-state index in [4.69, 9.17) is 4.74 Å². The second-order valence-corrected chi connectivity index (χ2v) is 9.21. The topological polar surface area (TPSA) is 90.4 Å². The molecule has 5 aromatic rings. The summed E-state index contributed by atoms with van der Waals surface area (Å²) >= 11 is 1.56. The van der Waals surface area contributed by atoms with Crippen LogP contribution in [0.1, 0.15) is 21.8 Å². The van der Waals surface area contributed by atoms with Gasteiger partial charge < -0.3 is 4.74 Å². The van der Waals surface area contributed by atoms with Gasteiger partial charge in [-0.25, -0.2) is 24.1 Å². The second-order valence-electron chi connectivity index (χ2n) is 8.13. The van der Waals surface area contributed by atoms with Crippen LogP contribution in [-0.4, -0.2) is 47.7 Å². The van der Waals surface area contributed by atoms with Crippen LogP contribution in [0.3, 0.4) is 0 Å². The molecule has 6 rings (SSSR count). The first kappa shape index (κ1) is 20.9. The van der Waals surface area contributed by atoms with E-state index >= 15 is 0 Å². The van der Waals surface area contributed by atoms with E-state index in [9.17, 15) is 9.18 Å². The summed E-state index contributed by atoms with van der Waals surface area (Å²) in [5.74, 6) is 0.784. The highest BCUT2D eigenvalue weighted by atomic mass is 32.1. The van der Waals surface area contributed by atoms with Crippen LogP contribution in [0.25, 0.3) is 15.9 Å². The number of fused-ring (bicyclic) bond motifs is 5. The molecule has 4 aromatic heterocycles. The molecular weight excluding hydrogens is 457 g/mol. The van der Waals surface area contributed by atoms with Crippen molar-refractivity contribution in [2.45, 2.75) is 26.1 Å². The van der Waals surface area contributed by atoms with E-state index < -0.39 is 5.82 Å². The highest BCUT2D eigenvalue weighted by Crippen LogP contribution is 2.37. The van der Waals surface area contributed by atoms with Gasteiger partial charge in [-0.2, -0.15) is 9.61 Å². The first-order valence-electron chi connectivity index (χ1n) is 10.8. The molecule has 0 unspecified atom stereocenters. The Morgan fingerprint density at radius 2 is 2.03 bits per heavy atom. The van der Waals surface area contributed by atoms with E-state index in [0.29, 0.717) is 23.5 Å². The van der Waals surface area contributed by atoms with Gasteiger partial charge in [0.05, 0.1) is 25.6 Å². The molecule has 1 aromatic carbocycles. The number of nitrogens with zero attached hydrogens (tertiary/aromatic N) is 7. The molecule has 1 aliphatic heterocycles. The molecule has 9 nitrogen and oxygen atoms in total. The summed E-state index contributed by atoms with van der Waals surface area (Å²) in [5, 5.41) is 5.07. The number of benzene rings is 1. The summed E-state index contributed by atoms with van der Waals surface area (Å²) in [4.78, 5) is 30.6. The summed E-state index contributed by atoms with van der Waals surface area (Å²) in [6.07, 6.45) is 5.69. The zero-order valence-corrected chi connectivity index (χ0v) is 19.1. The van der Waals surface area contributed by atoms with Crippen molar-refractivity contribution in [2.24, 2.45) is 0 Å². The van der Waals surface area contributed by atoms with Gasteiger partial charge in [-0.05, 0) is 24.1 Å². The fourth-order valence-electron chi connectivity index (χ4n) is 4.46. The van der Waals surface area contributed by atoms with E-state index in [0.717, 1.165) is 40.4 Å². The third kappa shape index (κ3) is 3.44. The molecule has 11 heteroatoms. The van der Waals surface area contributed by atoms with Crippen molar-refractivity contribution in [3.63, 3.8) is 0 Å². The van der Waals surface area contributed by atoms with Gasteiger partial charge in [0.25, 0.3) is 0 Å². The molecular formula is C23H20FN7O2S. The Hall–Kier alpha value is -3.70. The van der Waals surface area contributed by atoms with E-state index in [1.54, 1.807) is 46.5 Å². The molecule has 0 saturated carbocycles. The Morgan fingerprint density at radius 1 is 1.18 bits per heavy atom. The predicted octanol–water partition coefficient (Wildman–Crippen LogP) is 2.65. The van der Waals surface area contributed by atoms with Gasteiger partial charge in [0, 0.05) is 42.0 Å². The molecule has 34 heavy (non-hydrogen) atoms. The Morgan fingerprint density at radius 3 is 2.82 bits per heavy atom. The van der Waals surface area contributed by atoms with Gasteiger partial charge in [0.1, 0.15) is 28.5 Å². The molecule has 5 heterocycles. The number of halogens is 1. The van der Waals surface area contributed by atoms with Crippen LogP contribution in [0.5, 0.6) is 5.75 Å². The van der Waals surface area contributed by atoms with Crippen LogP contribution in [0.15, 0.2) is 47.8 Å². The van der Waals surface area contributed by atoms with Crippen molar-refractivity contribution in [3.8, 4) is 5.75 Å².